The van der Waals surface area contributed by atoms with Crippen molar-refractivity contribution in [2.75, 3.05) is 4.31 Å². The molecule has 0 aromatic heterocycles. The van der Waals surface area contributed by atoms with Gasteiger partial charge in [0.2, 0.25) is 0 Å². The van der Waals surface area contributed by atoms with E-state index in [2.05, 4.69) is 17.4 Å². The van der Waals surface area contributed by atoms with Gasteiger partial charge >= 0.3 is 0 Å². The predicted molar refractivity (Wildman–Crippen MR) is 147 cm³/mol. The molecule has 1 aliphatic rings. The summed E-state index contributed by atoms with van der Waals surface area (Å²) in [6.45, 7) is 2.02. The lowest BCUT2D eigenvalue weighted by Crippen LogP contribution is -2.35. The molecule has 0 spiro atoms. The normalized spacial score (nSPS) is 15.0. The number of nitrogens with zero attached hydrogens (tertiary/aromatic N) is 1. The van der Waals surface area contributed by atoms with Gasteiger partial charge in [0.15, 0.2) is 0 Å². The van der Waals surface area contributed by atoms with E-state index in [4.69, 9.17) is 0 Å². The Morgan fingerprint density at radius 2 is 1.54 bits per heavy atom. The molecule has 6 heteroatoms. The van der Waals surface area contributed by atoms with E-state index in [1.807, 2.05) is 49.4 Å². The van der Waals surface area contributed by atoms with Crippen LogP contribution in [0.5, 0.6) is 0 Å². The number of anilines is 1. The molecule has 4 aromatic rings. The molecule has 1 atom stereocenters. The zero-order valence-electron chi connectivity index (χ0n) is 20.8. The molecule has 1 amide bonds. The molecule has 4 aromatic carbocycles. The Hall–Kier alpha value is -3.90. The van der Waals surface area contributed by atoms with Crippen LogP contribution in [-0.4, -0.2) is 14.3 Å². The van der Waals surface area contributed by atoms with Crippen LogP contribution in [0.15, 0.2) is 108 Å². The average Bonchev–Trinajstić information content (AvgIpc) is 2.93. The van der Waals surface area contributed by atoms with Crippen molar-refractivity contribution in [2.24, 2.45) is 0 Å². The van der Waals surface area contributed by atoms with E-state index < -0.39 is 10.0 Å². The summed E-state index contributed by atoms with van der Waals surface area (Å²) in [5.41, 5.74) is 4.87. The predicted octanol–water partition coefficient (Wildman–Crippen LogP) is 6.20. The zero-order chi connectivity index (χ0) is 25.8. The smallest absolute Gasteiger partial charge is 0.264 e. The summed E-state index contributed by atoms with van der Waals surface area (Å²) in [6.07, 6.45) is 2.84. The van der Waals surface area contributed by atoms with Crippen LogP contribution in [0.4, 0.5) is 5.69 Å². The van der Waals surface area contributed by atoms with Gasteiger partial charge in [0.25, 0.3) is 15.9 Å². The largest absolute Gasteiger partial charge is 0.345 e. The molecular weight excluding hydrogens is 480 g/mol. The van der Waals surface area contributed by atoms with Crippen molar-refractivity contribution >= 4 is 21.6 Å². The van der Waals surface area contributed by atoms with Gasteiger partial charge in [0.1, 0.15) is 0 Å². The van der Waals surface area contributed by atoms with E-state index in [-0.39, 0.29) is 23.4 Å². The number of hydrogen-bond acceptors (Lipinski definition) is 3. The highest BCUT2D eigenvalue weighted by Gasteiger charge is 2.30. The number of carbonyl (C=O) groups excluding carboxylic acids is 1. The average molecular weight is 511 g/mol. The quantitative estimate of drug-likeness (QED) is 0.322. The summed E-state index contributed by atoms with van der Waals surface area (Å²) in [4.78, 5) is 13.9. The summed E-state index contributed by atoms with van der Waals surface area (Å²) in [5.74, 6) is -0.283. The molecule has 1 unspecified atom stereocenters. The van der Waals surface area contributed by atoms with Gasteiger partial charge in [0.05, 0.1) is 28.7 Å². The van der Waals surface area contributed by atoms with Crippen LogP contribution in [0, 0.1) is 6.92 Å². The van der Waals surface area contributed by atoms with Crippen molar-refractivity contribution < 1.29 is 13.2 Å². The number of fused-ring (bicyclic) bond motifs is 1. The number of hydrogen-bond donors (Lipinski definition) is 1. The summed E-state index contributed by atoms with van der Waals surface area (Å²) in [5, 5.41) is 3.19. The monoisotopic (exact) mass is 510 g/mol. The highest BCUT2D eigenvalue weighted by atomic mass is 32.2. The van der Waals surface area contributed by atoms with Crippen LogP contribution in [0.25, 0.3) is 0 Å². The van der Waals surface area contributed by atoms with Crippen molar-refractivity contribution in [1.82, 2.24) is 5.32 Å². The van der Waals surface area contributed by atoms with Gasteiger partial charge in [-0.2, -0.15) is 0 Å². The Morgan fingerprint density at radius 1 is 0.865 bits per heavy atom. The third kappa shape index (κ3) is 5.30. The zero-order valence-corrected chi connectivity index (χ0v) is 21.6. The van der Waals surface area contributed by atoms with Crippen molar-refractivity contribution in [3.63, 3.8) is 0 Å². The number of nitrogens with one attached hydrogen (secondary N) is 1. The summed E-state index contributed by atoms with van der Waals surface area (Å²) >= 11 is 0. The maximum absolute atomic E-state index is 14.0. The Kier molecular flexibility index (Phi) is 7.10. The fraction of sp³-hybridized carbons (Fsp3) is 0.194. The topological polar surface area (TPSA) is 66.5 Å². The molecule has 0 heterocycles. The second-order valence-corrected chi connectivity index (χ2v) is 11.3. The molecule has 5 nitrogen and oxygen atoms in total. The minimum Gasteiger partial charge on any atom is -0.345 e. The number of carbonyl (C=O) groups is 1. The van der Waals surface area contributed by atoms with E-state index >= 15 is 0 Å². The van der Waals surface area contributed by atoms with Gasteiger partial charge in [-0.1, -0.05) is 84.4 Å². The summed E-state index contributed by atoms with van der Waals surface area (Å²) < 4.78 is 29.3. The van der Waals surface area contributed by atoms with Gasteiger partial charge < -0.3 is 5.32 Å². The van der Waals surface area contributed by atoms with Crippen molar-refractivity contribution in [2.45, 2.75) is 43.7 Å². The van der Waals surface area contributed by atoms with E-state index in [1.165, 1.54) is 9.87 Å². The minimum atomic E-state index is -3.95. The number of benzene rings is 4. The lowest BCUT2D eigenvalue weighted by Gasteiger charge is -2.29. The van der Waals surface area contributed by atoms with Crippen molar-refractivity contribution in [3.05, 3.63) is 131 Å². The number of rotatable bonds is 7. The first kappa shape index (κ1) is 24.8. The van der Waals surface area contributed by atoms with Crippen LogP contribution in [-0.2, 0) is 23.0 Å². The first-order valence-corrected chi connectivity index (χ1v) is 14.0. The fourth-order valence-electron chi connectivity index (χ4n) is 4.91. The van der Waals surface area contributed by atoms with Crippen LogP contribution < -0.4 is 9.62 Å². The molecule has 0 saturated heterocycles. The lowest BCUT2D eigenvalue weighted by molar-refractivity contribution is 0.0933. The van der Waals surface area contributed by atoms with Crippen molar-refractivity contribution in [1.29, 1.82) is 0 Å². The standard InChI is InChI=1S/C31H30N2O3S/c1-23-18-20-26(21-19-23)37(35,36)33(22-24-10-3-2-4-11-24)30-17-8-7-15-28(30)31(34)32-29-16-9-13-25-12-5-6-14-27(25)29/h2-8,10-12,14-15,17-21,29H,9,13,16,22H2,1H3,(H,32,34). The van der Waals surface area contributed by atoms with Gasteiger partial charge in [-0.25, -0.2) is 8.42 Å². The summed E-state index contributed by atoms with van der Waals surface area (Å²) in [7, 11) is -3.95. The molecule has 37 heavy (non-hydrogen) atoms. The maximum atomic E-state index is 14.0. The number of sulfonamides is 1. The van der Waals surface area contributed by atoms with E-state index in [9.17, 15) is 13.2 Å². The highest BCUT2D eigenvalue weighted by Crippen LogP contribution is 2.32. The Bertz CT molecular complexity index is 1500. The second kappa shape index (κ2) is 10.6. The first-order chi connectivity index (χ1) is 17.9. The molecule has 1 aliphatic carbocycles. The van der Waals surface area contributed by atoms with Gasteiger partial charge in [-0.05, 0) is 67.1 Å². The third-order valence-electron chi connectivity index (χ3n) is 6.87. The Balaban J connectivity index is 1.54. The third-order valence-corrected chi connectivity index (χ3v) is 8.64. The van der Waals surface area contributed by atoms with Crippen molar-refractivity contribution in [3.8, 4) is 0 Å². The SMILES string of the molecule is Cc1ccc(S(=O)(=O)N(Cc2ccccc2)c2ccccc2C(=O)NC2CCCc3ccccc32)cc1. The Morgan fingerprint density at radius 3 is 2.32 bits per heavy atom. The summed E-state index contributed by atoms with van der Waals surface area (Å²) in [6, 6.07) is 31.3. The van der Waals surface area contributed by atoms with Crippen LogP contribution in [0.1, 0.15) is 51.5 Å². The van der Waals surface area contributed by atoms with Gasteiger partial charge in [0, 0.05) is 0 Å². The maximum Gasteiger partial charge on any atom is 0.264 e. The highest BCUT2D eigenvalue weighted by molar-refractivity contribution is 7.92. The Labute approximate surface area is 218 Å². The lowest BCUT2D eigenvalue weighted by atomic mass is 9.87. The van der Waals surface area contributed by atoms with Crippen LogP contribution in [0.3, 0.4) is 0 Å². The number of amides is 1. The van der Waals surface area contributed by atoms with Gasteiger partial charge in [-0.3, -0.25) is 9.10 Å². The molecule has 0 bridgehead atoms. The van der Waals surface area contributed by atoms with Crippen LogP contribution >= 0.6 is 0 Å². The molecule has 0 saturated carbocycles. The second-order valence-electron chi connectivity index (χ2n) is 9.44. The molecule has 188 valence electrons. The molecular formula is C31H30N2O3S. The van der Waals surface area contributed by atoms with E-state index in [1.54, 1.807) is 48.5 Å². The minimum absolute atomic E-state index is 0.105. The molecule has 1 N–H and O–H groups in total. The van der Waals surface area contributed by atoms with E-state index in [0.29, 0.717) is 11.3 Å². The fourth-order valence-corrected chi connectivity index (χ4v) is 6.38. The first-order valence-electron chi connectivity index (χ1n) is 12.5. The number of aryl methyl sites for hydroxylation is 2. The van der Waals surface area contributed by atoms with Gasteiger partial charge in [-0.15, -0.1) is 0 Å². The molecule has 0 fully saturated rings. The molecule has 0 aliphatic heterocycles. The van der Waals surface area contributed by atoms with Crippen LogP contribution in [0.2, 0.25) is 0 Å². The molecule has 0 radical (unpaired) electrons. The van der Waals surface area contributed by atoms with E-state index in [0.717, 1.165) is 36.0 Å². The molecule has 5 rings (SSSR count). The number of para-hydroxylation sites is 1.